The fourth-order valence-electron chi connectivity index (χ4n) is 2.17. The van der Waals surface area contributed by atoms with Crippen molar-refractivity contribution >= 4 is 11.9 Å². The SMILES string of the molecule is CCC1C(=O)NCCN1Cc1ccc(C(=O)O)o1. The summed E-state index contributed by atoms with van der Waals surface area (Å²) in [4.78, 5) is 24.4. The molecule has 6 heteroatoms. The summed E-state index contributed by atoms with van der Waals surface area (Å²) in [5, 5.41) is 11.6. The van der Waals surface area contributed by atoms with Crippen molar-refractivity contribution in [3.63, 3.8) is 0 Å². The van der Waals surface area contributed by atoms with E-state index in [0.29, 0.717) is 18.8 Å². The average Bonchev–Trinajstić information content (AvgIpc) is 2.78. The maximum absolute atomic E-state index is 11.7. The second-order valence-corrected chi connectivity index (χ2v) is 4.26. The van der Waals surface area contributed by atoms with Gasteiger partial charge in [-0.15, -0.1) is 0 Å². The Balaban J connectivity index is 2.06. The molecular formula is C12H16N2O4. The van der Waals surface area contributed by atoms with Crippen LogP contribution >= 0.6 is 0 Å². The number of hydrogen-bond acceptors (Lipinski definition) is 4. The van der Waals surface area contributed by atoms with Crippen LogP contribution in [0, 0.1) is 0 Å². The number of nitrogens with zero attached hydrogens (tertiary/aromatic N) is 1. The second kappa shape index (κ2) is 5.22. The second-order valence-electron chi connectivity index (χ2n) is 4.26. The minimum absolute atomic E-state index is 0.0220. The smallest absolute Gasteiger partial charge is 0.371 e. The summed E-state index contributed by atoms with van der Waals surface area (Å²) in [5.41, 5.74) is 0. The Morgan fingerprint density at radius 3 is 3.00 bits per heavy atom. The number of carboxylic acids is 1. The highest BCUT2D eigenvalue weighted by Gasteiger charge is 2.28. The van der Waals surface area contributed by atoms with Gasteiger partial charge in [0.15, 0.2) is 0 Å². The molecule has 1 saturated heterocycles. The van der Waals surface area contributed by atoms with E-state index in [4.69, 9.17) is 9.52 Å². The first-order valence-corrected chi connectivity index (χ1v) is 5.95. The van der Waals surface area contributed by atoms with Crippen LogP contribution in [0.25, 0.3) is 0 Å². The van der Waals surface area contributed by atoms with Crippen molar-refractivity contribution in [2.24, 2.45) is 0 Å². The molecule has 0 spiro atoms. The van der Waals surface area contributed by atoms with Gasteiger partial charge in [0.1, 0.15) is 5.76 Å². The number of nitrogens with one attached hydrogen (secondary N) is 1. The van der Waals surface area contributed by atoms with E-state index in [-0.39, 0.29) is 17.7 Å². The number of carbonyl (C=O) groups is 2. The van der Waals surface area contributed by atoms with Crippen molar-refractivity contribution in [3.8, 4) is 0 Å². The van der Waals surface area contributed by atoms with Gasteiger partial charge in [-0.1, -0.05) is 6.92 Å². The minimum atomic E-state index is -1.08. The Morgan fingerprint density at radius 1 is 1.61 bits per heavy atom. The van der Waals surface area contributed by atoms with Crippen molar-refractivity contribution in [3.05, 3.63) is 23.7 Å². The van der Waals surface area contributed by atoms with Crippen LogP contribution in [0.1, 0.15) is 29.7 Å². The van der Waals surface area contributed by atoms with Crippen molar-refractivity contribution in [2.45, 2.75) is 25.9 Å². The average molecular weight is 252 g/mol. The lowest BCUT2D eigenvalue weighted by Gasteiger charge is -2.33. The monoisotopic (exact) mass is 252 g/mol. The molecule has 98 valence electrons. The summed E-state index contributed by atoms with van der Waals surface area (Å²) < 4.78 is 5.20. The van der Waals surface area contributed by atoms with Gasteiger partial charge in [0.25, 0.3) is 0 Å². The van der Waals surface area contributed by atoms with Crippen LogP contribution in [-0.4, -0.2) is 41.0 Å². The van der Waals surface area contributed by atoms with Crippen molar-refractivity contribution < 1.29 is 19.1 Å². The number of piperazine rings is 1. The molecule has 0 bridgehead atoms. The lowest BCUT2D eigenvalue weighted by molar-refractivity contribution is -0.129. The number of amides is 1. The van der Waals surface area contributed by atoms with Gasteiger partial charge >= 0.3 is 5.97 Å². The van der Waals surface area contributed by atoms with Crippen molar-refractivity contribution in [1.29, 1.82) is 0 Å². The molecule has 0 aliphatic carbocycles. The molecule has 1 fully saturated rings. The molecule has 0 saturated carbocycles. The maximum atomic E-state index is 11.7. The van der Waals surface area contributed by atoms with E-state index in [1.807, 2.05) is 11.8 Å². The van der Waals surface area contributed by atoms with E-state index in [9.17, 15) is 9.59 Å². The fraction of sp³-hybridized carbons (Fsp3) is 0.500. The van der Waals surface area contributed by atoms with E-state index < -0.39 is 5.97 Å². The Labute approximate surface area is 105 Å². The zero-order chi connectivity index (χ0) is 13.1. The number of carbonyl (C=O) groups excluding carboxylic acids is 1. The molecule has 2 rings (SSSR count). The first-order chi connectivity index (χ1) is 8.61. The van der Waals surface area contributed by atoms with Gasteiger partial charge in [0.2, 0.25) is 11.7 Å². The summed E-state index contributed by atoms with van der Waals surface area (Å²) >= 11 is 0. The molecule has 1 unspecified atom stereocenters. The lowest BCUT2D eigenvalue weighted by atomic mass is 10.1. The predicted octanol–water partition coefficient (Wildman–Crippen LogP) is 0.688. The van der Waals surface area contributed by atoms with Crippen LogP contribution in [0.4, 0.5) is 0 Å². The van der Waals surface area contributed by atoms with Gasteiger partial charge in [-0.05, 0) is 18.6 Å². The Kier molecular flexibility index (Phi) is 3.66. The first kappa shape index (κ1) is 12.6. The lowest BCUT2D eigenvalue weighted by Crippen LogP contribution is -2.54. The molecule has 18 heavy (non-hydrogen) atoms. The van der Waals surface area contributed by atoms with Gasteiger partial charge in [-0.3, -0.25) is 9.69 Å². The Morgan fingerprint density at radius 2 is 2.39 bits per heavy atom. The number of carboxylic acid groups (broad SMARTS) is 1. The van der Waals surface area contributed by atoms with E-state index in [1.54, 1.807) is 6.07 Å². The highest BCUT2D eigenvalue weighted by atomic mass is 16.4. The molecule has 1 aliphatic heterocycles. The minimum Gasteiger partial charge on any atom is -0.475 e. The molecule has 0 radical (unpaired) electrons. The van der Waals surface area contributed by atoms with Gasteiger partial charge < -0.3 is 14.8 Å². The van der Waals surface area contributed by atoms with Gasteiger partial charge in [-0.2, -0.15) is 0 Å². The number of hydrogen-bond donors (Lipinski definition) is 2. The van der Waals surface area contributed by atoms with Crippen LogP contribution in [-0.2, 0) is 11.3 Å². The molecular weight excluding hydrogens is 236 g/mol. The third kappa shape index (κ3) is 2.53. The summed E-state index contributed by atoms with van der Waals surface area (Å²) in [6, 6.07) is 2.91. The van der Waals surface area contributed by atoms with Crippen molar-refractivity contribution in [1.82, 2.24) is 10.2 Å². The normalized spacial score (nSPS) is 20.7. The molecule has 1 aromatic rings. The molecule has 2 heterocycles. The van der Waals surface area contributed by atoms with Gasteiger partial charge in [0.05, 0.1) is 12.6 Å². The molecule has 1 aliphatic rings. The zero-order valence-electron chi connectivity index (χ0n) is 10.2. The standard InChI is InChI=1S/C12H16N2O4/c1-2-9-11(15)13-5-6-14(9)7-8-3-4-10(18-8)12(16)17/h3-4,9H,2,5-7H2,1H3,(H,13,15)(H,16,17). The summed E-state index contributed by atoms with van der Waals surface area (Å²) in [7, 11) is 0. The predicted molar refractivity (Wildman–Crippen MR) is 63.2 cm³/mol. The van der Waals surface area contributed by atoms with Crippen LogP contribution in [0.5, 0.6) is 0 Å². The Hall–Kier alpha value is -1.82. The van der Waals surface area contributed by atoms with Gasteiger partial charge in [0, 0.05) is 13.1 Å². The summed E-state index contributed by atoms with van der Waals surface area (Å²) in [6.45, 7) is 3.77. The maximum Gasteiger partial charge on any atom is 0.371 e. The van der Waals surface area contributed by atoms with E-state index in [0.717, 1.165) is 13.0 Å². The number of rotatable bonds is 4. The van der Waals surface area contributed by atoms with Gasteiger partial charge in [-0.25, -0.2) is 4.79 Å². The third-order valence-corrected chi connectivity index (χ3v) is 3.06. The molecule has 0 aromatic carbocycles. The summed E-state index contributed by atoms with van der Waals surface area (Å²) in [6.07, 6.45) is 0.721. The van der Waals surface area contributed by atoms with E-state index in [1.165, 1.54) is 6.07 Å². The number of aromatic carboxylic acids is 1. The quantitative estimate of drug-likeness (QED) is 0.823. The number of furan rings is 1. The molecule has 1 atom stereocenters. The molecule has 1 amide bonds. The van der Waals surface area contributed by atoms with Crippen LogP contribution in [0.2, 0.25) is 0 Å². The Bertz CT molecular complexity index is 455. The first-order valence-electron chi connectivity index (χ1n) is 5.95. The fourth-order valence-corrected chi connectivity index (χ4v) is 2.17. The topological polar surface area (TPSA) is 82.8 Å². The van der Waals surface area contributed by atoms with Crippen molar-refractivity contribution in [2.75, 3.05) is 13.1 Å². The zero-order valence-corrected chi connectivity index (χ0v) is 10.2. The van der Waals surface area contributed by atoms with Crippen LogP contribution in [0.15, 0.2) is 16.5 Å². The van der Waals surface area contributed by atoms with Crippen LogP contribution in [0.3, 0.4) is 0 Å². The molecule has 6 nitrogen and oxygen atoms in total. The summed E-state index contributed by atoms with van der Waals surface area (Å²) in [5.74, 6) is -0.557. The molecule has 2 N–H and O–H groups in total. The highest BCUT2D eigenvalue weighted by molar-refractivity contribution is 5.84. The van der Waals surface area contributed by atoms with E-state index in [2.05, 4.69) is 5.32 Å². The largest absolute Gasteiger partial charge is 0.475 e. The molecule has 1 aromatic heterocycles. The van der Waals surface area contributed by atoms with Crippen LogP contribution < -0.4 is 5.32 Å². The highest BCUT2D eigenvalue weighted by Crippen LogP contribution is 2.15. The van der Waals surface area contributed by atoms with E-state index >= 15 is 0 Å². The third-order valence-electron chi connectivity index (χ3n) is 3.06.